The van der Waals surface area contributed by atoms with E-state index in [4.69, 9.17) is 0 Å². The molecule has 3 rings (SSSR count). The normalized spacial score (nSPS) is 10.4. The van der Waals surface area contributed by atoms with Crippen molar-refractivity contribution in [3.63, 3.8) is 0 Å². The van der Waals surface area contributed by atoms with Crippen molar-refractivity contribution < 1.29 is 9.59 Å². The van der Waals surface area contributed by atoms with E-state index < -0.39 is 0 Å². The smallest absolute Gasteiger partial charge is 0.277 e. The molecule has 2 N–H and O–H groups in total. The van der Waals surface area contributed by atoms with E-state index in [2.05, 4.69) is 25.8 Å². The lowest BCUT2D eigenvalue weighted by Crippen LogP contribution is -2.15. The number of aryl methyl sites for hydroxylation is 1. The van der Waals surface area contributed by atoms with Gasteiger partial charge in [-0.1, -0.05) is 41.7 Å². The zero-order valence-electron chi connectivity index (χ0n) is 12.6. The largest absolute Gasteiger partial charge is 0.302 e. The molecule has 0 saturated carbocycles. The highest BCUT2D eigenvalue weighted by molar-refractivity contribution is 7.15. The number of thiazole rings is 1. The van der Waals surface area contributed by atoms with Crippen molar-refractivity contribution >= 4 is 44.8 Å². The zero-order chi connectivity index (χ0) is 16.9. The number of amides is 2. The first kappa shape index (κ1) is 16.2. The predicted octanol–water partition coefficient (Wildman–Crippen LogP) is 2.74. The van der Waals surface area contributed by atoms with Crippen molar-refractivity contribution in [1.29, 1.82) is 0 Å². The molecule has 1 aromatic carbocycles. The minimum atomic E-state index is -0.383. The number of nitrogens with zero attached hydrogens (tertiary/aromatic N) is 3. The first-order valence-electron chi connectivity index (χ1n) is 7.01. The Kier molecular flexibility index (Phi) is 4.92. The fourth-order valence-corrected chi connectivity index (χ4v) is 3.18. The Morgan fingerprint density at radius 1 is 1.08 bits per heavy atom. The Morgan fingerprint density at radius 3 is 2.58 bits per heavy atom. The second-order valence-electron chi connectivity index (χ2n) is 4.83. The van der Waals surface area contributed by atoms with Crippen molar-refractivity contribution in [1.82, 2.24) is 15.2 Å². The second kappa shape index (κ2) is 7.28. The number of aromatic nitrogens is 3. The van der Waals surface area contributed by atoms with Gasteiger partial charge in [-0.2, -0.15) is 0 Å². The van der Waals surface area contributed by atoms with Crippen LogP contribution in [0, 0.1) is 6.92 Å². The van der Waals surface area contributed by atoms with Crippen LogP contribution in [0.15, 0.2) is 35.7 Å². The average Bonchev–Trinajstić information content (AvgIpc) is 3.17. The quantitative estimate of drug-likeness (QED) is 0.730. The van der Waals surface area contributed by atoms with E-state index in [-0.39, 0.29) is 23.9 Å². The van der Waals surface area contributed by atoms with Crippen molar-refractivity contribution in [3.05, 3.63) is 52.0 Å². The van der Waals surface area contributed by atoms with Crippen LogP contribution in [-0.2, 0) is 11.2 Å². The molecule has 122 valence electrons. The van der Waals surface area contributed by atoms with Crippen LogP contribution in [0.1, 0.15) is 21.1 Å². The average molecular weight is 359 g/mol. The van der Waals surface area contributed by atoms with Crippen molar-refractivity contribution in [2.24, 2.45) is 0 Å². The molecule has 9 heteroatoms. The van der Waals surface area contributed by atoms with Gasteiger partial charge in [-0.3, -0.25) is 14.9 Å². The molecular weight excluding hydrogens is 346 g/mol. The third-order valence-corrected chi connectivity index (χ3v) is 4.45. The van der Waals surface area contributed by atoms with E-state index in [0.717, 1.165) is 10.6 Å². The van der Waals surface area contributed by atoms with Gasteiger partial charge in [0.1, 0.15) is 10.7 Å². The molecule has 0 bridgehead atoms. The number of carbonyl (C=O) groups is 2. The Hall–Kier alpha value is -2.65. The molecule has 0 aliphatic heterocycles. The molecule has 0 aliphatic rings. The van der Waals surface area contributed by atoms with Gasteiger partial charge in [-0.05, 0) is 12.5 Å². The lowest BCUT2D eigenvalue weighted by molar-refractivity contribution is -0.115. The summed E-state index contributed by atoms with van der Waals surface area (Å²) < 4.78 is 0. The van der Waals surface area contributed by atoms with Crippen LogP contribution in [-0.4, -0.2) is 27.0 Å². The van der Waals surface area contributed by atoms with Gasteiger partial charge in [-0.25, -0.2) is 4.98 Å². The fraction of sp³-hybridized carbons (Fsp3) is 0.133. The molecule has 0 unspecified atom stereocenters. The van der Waals surface area contributed by atoms with Crippen LogP contribution in [0.25, 0.3) is 0 Å². The van der Waals surface area contributed by atoms with E-state index in [9.17, 15) is 9.59 Å². The van der Waals surface area contributed by atoms with E-state index >= 15 is 0 Å². The summed E-state index contributed by atoms with van der Waals surface area (Å²) in [7, 11) is 0. The summed E-state index contributed by atoms with van der Waals surface area (Å²) in [5.41, 5.74) is 1.14. The third-order valence-electron chi connectivity index (χ3n) is 2.94. The van der Waals surface area contributed by atoms with Gasteiger partial charge in [0.05, 0.1) is 6.42 Å². The monoisotopic (exact) mass is 359 g/mol. The number of anilines is 2. The standard InChI is InChI=1S/C15H13N5O2S2/c1-9-19-20-15(24-9)18-13(22)11-8-23-14(16-11)17-12(21)7-10-5-3-2-4-6-10/h2-6,8H,7H2,1H3,(H,16,17,21)(H,18,20,22). The van der Waals surface area contributed by atoms with E-state index in [1.54, 1.807) is 12.3 Å². The highest BCUT2D eigenvalue weighted by atomic mass is 32.1. The summed E-state index contributed by atoms with van der Waals surface area (Å²) in [6.07, 6.45) is 0.256. The minimum absolute atomic E-state index is 0.178. The van der Waals surface area contributed by atoms with Crippen LogP contribution >= 0.6 is 22.7 Å². The molecule has 24 heavy (non-hydrogen) atoms. The maximum atomic E-state index is 12.1. The van der Waals surface area contributed by atoms with E-state index in [1.165, 1.54) is 22.7 Å². The van der Waals surface area contributed by atoms with Crippen LogP contribution in [0.4, 0.5) is 10.3 Å². The summed E-state index contributed by atoms with van der Waals surface area (Å²) in [6.45, 7) is 1.80. The summed E-state index contributed by atoms with van der Waals surface area (Å²) >= 11 is 2.48. The van der Waals surface area contributed by atoms with Crippen molar-refractivity contribution in [2.75, 3.05) is 10.6 Å². The Balaban J connectivity index is 1.58. The lowest BCUT2D eigenvalue weighted by Gasteiger charge is -2.01. The van der Waals surface area contributed by atoms with Crippen LogP contribution in [0.2, 0.25) is 0 Å². The lowest BCUT2D eigenvalue weighted by atomic mass is 10.1. The van der Waals surface area contributed by atoms with Crippen molar-refractivity contribution in [2.45, 2.75) is 13.3 Å². The van der Waals surface area contributed by atoms with E-state index in [0.29, 0.717) is 10.3 Å². The van der Waals surface area contributed by atoms with Crippen LogP contribution < -0.4 is 10.6 Å². The SMILES string of the molecule is Cc1nnc(NC(=O)c2csc(NC(=O)Cc3ccccc3)n2)s1. The fourth-order valence-electron chi connectivity index (χ4n) is 1.89. The summed E-state index contributed by atoms with van der Waals surface area (Å²) in [6, 6.07) is 9.41. The van der Waals surface area contributed by atoms with Gasteiger partial charge < -0.3 is 5.32 Å². The van der Waals surface area contributed by atoms with Gasteiger partial charge in [-0.15, -0.1) is 21.5 Å². The topological polar surface area (TPSA) is 96.9 Å². The second-order valence-corrected chi connectivity index (χ2v) is 6.87. The summed E-state index contributed by atoms with van der Waals surface area (Å²) in [4.78, 5) is 28.2. The number of benzene rings is 1. The van der Waals surface area contributed by atoms with Crippen LogP contribution in [0.5, 0.6) is 0 Å². The van der Waals surface area contributed by atoms with E-state index in [1.807, 2.05) is 30.3 Å². The Labute approximate surface area is 145 Å². The summed E-state index contributed by atoms with van der Waals surface area (Å²) in [5, 5.41) is 16.1. The van der Waals surface area contributed by atoms with Gasteiger partial charge in [0, 0.05) is 5.38 Å². The molecule has 0 radical (unpaired) electrons. The van der Waals surface area contributed by atoms with Gasteiger partial charge in [0.15, 0.2) is 5.13 Å². The molecule has 0 fully saturated rings. The maximum absolute atomic E-state index is 12.1. The molecule has 0 spiro atoms. The highest BCUT2D eigenvalue weighted by Gasteiger charge is 2.14. The first-order valence-corrected chi connectivity index (χ1v) is 8.70. The number of carbonyl (C=O) groups excluding carboxylic acids is 2. The number of rotatable bonds is 5. The Morgan fingerprint density at radius 2 is 1.88 bits per heavy atom. The number of hydrogen-bond donors (Lipinski definition) is 2. The molecule has 0 aliphatic carbocycles. The van der Waals surface area contributed by atoms with Gasteiger partial charge in [0.2, 0.25) is 11.0 Å². The first-order chi connectivity index (χ1) is 11.6. The molecule has 0 saturated heterocycles. The summed E-state index contributed by atoms with van der Waals surface area (Å²) in [5.74, 6) is -0.562. The number of hydrogen-bond acceptors (Lipinski definition) is 7. The molecule has 2 aromatic heterocycles. The van der Waals surface area contributed by atoms with Gasteiger partial charge >= 0.3 is 0 Å². The molecular formula is C15H13N5O2S2. The Bertz CT molecular complexity index is 860. The highest BCUT2D eigenvalue weighted by Crippen LogP contribution is 2.19. The van der Waals surface area contributed by atoms with Crippen LogP contribution in [0.3, 0.4) is 0 Å². The number of nitrogens with one attached hydrogen (secondary N) is 2. The molecule has 2 heterocycles. The molecule has 7 nitrogen and oxygen atoms in total. The minimum Gasteiger partial charge on any atom is -0.302 e. The van der Waals surface area contributed by atoms with Gasteiger partial charge in [0.25, 0.3) is 5.91 Å². The predicted molar refractivity (Wildman–Crippen MR) is 93.5 cm³/mol. The van der Waals surface area contributed by atoms with Crippen molar-refractivity contribution in [3.8, 4) is 0 Å². The third kappa shape index (κ3) is 4.21. The molecule has 0 atom stereocenters. The molecule has 2 amide bonds. The maximum Gasteiger partial charge on any atom is 0.277 e. The zero-order valence-corrected chi connectivity index (χ0v) is 14.3. The molecule has 3 aromatic rings.